The van der Waals surface area contributed by atoms with E-state index >= 15 is 0 Å². The molecule has 0 N–H and O–H groups in total. The van der Waals surface area contributed by atoms with Crippen LogP contribution in [-0.2, 0) is 9.53 Å². The van der Waals surface area contributed by atoms with Gasteiger partial charge >= 0.3 is 5.97 Å². The van der Waals surface area contributed by atoms with Gasteiger partial charge in [0.25, 0.3) is 0 Å². The maximum Gasteiger partial charge on any atom is 0.333 e. The molecule has 0 saturated heterocycles. The van der Waals surface area contributed by atoms with E-state index in [-0.39, 0.29) is 5.97 Å². The van der Waals surface area contributed by atoms with E-state index in [2.05, 4.69) is 10.8 Å². The summed E-state index contributed by atoms with van der Waals surface area (Å²) in [7, 11) is 1.41. The standard InChI is InChI=1S/C9H12O2/c1-7-4-3-5-8(6-7)9(10)11-2/h4,6H,3,5H2,1-2H3. The third-order valence-electron chi connectivity index (χ3n) is 1.73. The molecule has 0 heterocycles. The monoisotopic (exact) mass is 152 g/mol. The second-order valence-corrected chi connectivity index (χ2v) is 2.65. The van der Waals surface area contributed by atoms with Gasteiger partial charge in [-0.25, -0.2) is 4.79 Å². The zero-order valence-electron chi connectivity index (χ0n) is 6.89. The molecule has 11 heavy (non-hydrogen) atoms. The minimum absolute atomic E-state index is 0.197. The molecule has 2 nitrogen and oxygen atoms in total. The normalized spacial score (nSPS) is 16.9. The molecule has 1 rings (SSSR count). The molecule has 60 valence electrons. The summed E-state index contributed by atoms with van der Waals surface area (Å²) >= 11 is 0. The lowest BCUT2D eigenvalue weighted by Crippen LogP contribution is -2.06. The number of ether oxygens (including phenoxy) is 1. The molecule has 0 aromatic carbocycles. The summed E-state index contributed by atoms with van der Waals surface area (Å²) in [6.45, 7) is 1.99. The van der Waals surface area contributed by atoms with Crippen LogP contribution in [-0.4, -0.2) is 13.1 Å². The minimum atomic E-state index is -0.197. The van der Waals surface area contributed by atoms with Gasteiger partial charge in [0.05, 0.1) is 7.11 Å². The molecule has 0 bridgehead atoms. The molecular weight excluding hydrogens is 140 g/mol. The van der Waals surface area contributed by atoms with Gasteiger partial charge in [-0.05, 0) is 25.8 Å². The van der Waals surface area contributed by atoms with Crippen LogP contribution in [0.15, 0.2) is 23.3 Å². The second kappa shape index (κ2) is 3.37. The van der Waals surface area contributed by atoms with Gasteiger partial charge in [0.2, 0.25) is 0 Å². The van der Waals surface area contributed by atoms with Crippen molar-refractivity contribution in [2.45, 2.75) is 19.8 Å². The van der Waals surface area contributed by atoms with Crippen molar-refractivity contribution in [3.05, 3.63) is 23.3 Å². The minimum Gasteiger partial charge on any atom is -0.466 e. The molecular formula is C9H12O2. The van der Waals surface area contributed by atoms with Crippen molar-refractivity contribution in [1.29, 1.82) is 0 Å². The van der Waals surface area contributed by atoms with Crippen LogP contribution < -0.4 is 0 Å². The highest BCUT2D eigenvalue weighted by Gasteiger charge is 2.10. The van der Waals surface area contributed by atoms with Crippen molar-refractivity contribution in [2.24, 2.45) is 0 Å². The third-order valence-corrected chi connectivity index (χ3v) is 1.73. The van der Waals surface area contributed by atoms with Crippen LogP contribution in [0.25, 0.3) is 0 Å². The lowest BCUT2D eigenvalue weighted by molar-refractivity contribution is -0.136. The van der Waals surface area contributed by atoms with Crippen LogP contribution in [0.4, 0.5) is 0 Å². The number of esters is 1. The molecule has 0 atom stereocenters. The Labute approximate surface area is 66.5 Å². The summed E-state index contributed by atoms with van der Waals surface area (Å²) in [5.74, 6) is -0.197. The van der Waals surface area contributed by atoms with Gasteiger partial charge in [-0.15, -0.1) is 0 Å². The molecule has 0 amide bonds. The Morgan fingerprint density at radius 2 is 2.36 bits per heavy atom. The number of carbonyl (C=O) groups is 1. The van der Waals surface area contributed by atoms with E-state index in [4.69, 9.17) is 0 Å². The van der Waals surface area contributed by atoms with Gasteiger partial charge in [0.15, 0.2) is 0 Å². The van der Waals surface area contributed by atoms with E-state index in [9.17, 15) is 4.79 Å². The second-order valence-electron chi connectivity index (χ2n) is 2.65. The Morgan fingerprint density at radius 1 is 1.64 bits per heavy atom. The smallest absolute Gasteiger partial charge is 0.333 e. The Balaban J connectivity index is 2.73. The summed E-state index contributed by atoms with van der Waals surface area (Å²) in [6.07, 6.45) is 5.76. The van der Waals surface area contributed by atoms with Crippen LogP contribution in [0.3, 0.4) is 0 Å². The molecule has 0 aromatic heterocycles. The lowest BCUT2D eigenvalue weighted by atomic mass is 10.0. The number of carbonyl (C=O) groups excluding carboxylic acids is 1. The number of hydrogen-bond acceptors (Lipinski definition) is 2. The van der Waals surface area contributed by atoms with E-state index in [0.717, 1.165) is 24.0 Å². The van der Waals surface area contributed by atoms with Crippen molar-refractivity contribution in [1.82, 2.24) is 0 Å². The Morgan fingerprint density at radius 3 is 2.91 bits per heavy atom. The van der Waals surface area contributed by atoms with Crippen molar-refractivity contribution in [3.8, 4) is 0 Å². The van der Waals surface area contributed by atoms with Gasteiger partial charge in [0.1, 0.15) is 0 Å². The molecule has 0 aliphatic heterocycles. The lowest BCUT2D eigenvalue weighted by Gasteiger charge is -2.08. The van der Waals surface area contributed by atoms with Crippen LogP contribution >= 0.6 is 0 Å². The SMILES string of the molecule is COC(=O)C1=CC(C)=CCC1. The van der Waals surface area contributed by atoms with E-state index < -0.39 is 0 Å². The number of methoxy groups -OCH3 is 1. The molecule has 0 spiro atoms. The molecule has 0 saturated carbocycles. The molecule has 1 aliphatic carbocycles. The number of hydrogen-bond donors (Lipinski definition) is 0. The maximum absolute atomic E-state index is 11.0. The molecule has 0 radical (unpaired) electrons. The van der Waals surface area contributed by atoms with Crippen molar-refractivity contribution in [2.75, 3.05) is 7.11 Å². The fourth-order valence-corrected chi connectivity index (χ4v) is 1.15. The first-order valence-corrected chi connectivity index (χ1v) is 3.69. The molecule has 1 aliphatic rings. The fraction of sp³-hybridized carbons (Fsp3) is 0.444. The summed E-state index contributed by atoms with van der Waals surface area (Å²) in [4.78, 5) is 11.0. The largest absolute Gasteiger partial charge is 0.466 e. The van der Waals surface area contributed by atoms with Gasteiger partial charge in [-0.2, -0.15) is 0 Å². The first-order chi connectivity index (χ1) is 5.24. The zero-order chi connectivity index (χ0) is 8.27. The predicted octanol–water partition coefficient (Wildman–Crippen LogP) is 1.83. The molecule has 0 unspecified atom stereocenters. The summed E-state index contributed by atoms with van der Waals surface area (Å²) in [5.41, 5.74) is 1.93. The topological polar surface area (TPSA) is 26.3 Å². The molecule has 0 fully saturated rings. The average Bonchev–Trinajstić information content (AvgIpc) is 2.03. The van der Waals surface area contributed by atoms with Gasteiger partial charge in [0, 0.05) is 5.57 Å². The highest BCUT2D eigenvalue weighted by molar-refractivity contribution is 5.89. The summed E-state index contributed by atoms with van der Waals surface area (Å²) in [5, 5.41) is 0. The highest BCUT2D eigenvalue weighted by atomic mass is 16.5. The first-order valence-electron chi connectivity index (χ1n) is 3.69. The Bertz CT molecular complexity index is 224. The Kier molecular flexibility index (Phi) is 2.47. The Hall–Kier alpha value is -1.05. The van der Waals surface area contributed by atoms with E-state index in [1.807, 2.05) is 13.0 Å². The van der Waals surface area contributed by atoms with Crippen LogP contribution in [0, 0.1) is 0 Å². The first kappa shape index (κ1) is 8.05. The average molecular weight is 152 g/mol. The van der Waals surface area contributed by atoms with E-state index in [1.165, 1.54) is 7.11 Å². The van der Waals surface area contributed by atoms with Crippen LogP contribution in [0.2, 0.25) is 0 Å². The number of allylic oxidation sites excluding steroid dienone is 3. The quantitative estimate of drug-likeness (QED) is 0.536. The molecule has 0 aromatic rings. The highest BCUT2D eigenvalue weighted by Crippen LogP contribution is 2.17. The van der Waals surface area contributed by atoms with E-state index in [1.54, 1.807) is 0 Å². The van der Waals surface area contributed by atoms with Crippen LogP contribution in [0.5, 0.6) is 0 Å². The van der Waals surface area contributed by atoms with Gasteiger partial charge in [-0.1, -0.05) is 11.6 Å². The van der Waals surface area contributed by atoms with Crippen molar-refractivity contribution >= 4 is 5.97 Å². The van der Waals surface area contributed by atoms with Gasteiger partial charge in [-0.3, -0.25) is 0 Å². The predicted molar refractivity (Wildman–Crippen MR) is 43.1 cm³/mol. The zero-order valence-corrected chi connectivity index (χ0v) is 6.89. The van der Waals surface area contributed by atoms with E-state index in [0.29, 0.717) is 0 Å². The van der Waals surface area contributed by atoms with Crippen molar-refractivity contribution in [3.63, 3.8) is 0 Å². The molecule has 2 heteroatoms. The summed E-state index contributed by atoms with van der Waals surface area (Å²) in [6, 6.07) is 0. The summed E-state index contributed by atoms with van der Waals surface area (Å²) < 4.78 is 4.60. The maximum atomic E-state index is 11.0. The van der Waals surface area contributed by atoms with Crippen molar-refractivity contribution < 1.29 is 9.53 Å². The van der Waals surface area contributed by atoms with Gasteiger partial charge < -0.3 is 4.74 Å². The fourth-order valence-electron chi connectivity index (χ4n) is 1.15. The number of rotatable bonds is 1. The third kappa shape index (κ3) is 1.93. The van der Waals surface area contributed by atoms with Crippen LogP contribution in [0.1, 0.15) is 19.8 Å².